The summed E-state index contributed by atoms with van der Waals surface area (Å²) >= 11 is 5.75. The van der Waals surface area contributed by atoms with Crippen LogP contribution < -0.4 is 10.7 Å². The maximum absolute atomic E-state index is 12.1. The first-order valence-electron chi connectivity index (χ1n) is 6.21. The van der Waals surface area contributed by atoms with Crippen molar-refractivity contribution < 1.29 is 19.1 Å². The molecule has 0 bridgehead atoms. The number of benzene rings is 1. The molecule has 0 unspecified atom stereocenters. The first-order valence-corrected chi connectivity index (χ1v) is 6.59. The lowest BCUT2D eigenvalue weighted by molar-refractivity contribution is -0.151. The van der Waals surface area contributed by atoms with E-state index in [1.54, 1.807) is 24.3 Å². The molecule has 112 valence electrons. The van der Waals surface area contributed by atoms with Gasteiger partial charge in [0.1, 0.15) is 0 Å². The lowest BCUT2D eigenvalue weighted by Crippen LogP contribution is -2.56. The van der Waals surface area contributed by atoms with E-state index in [0.717, 1.165) is 5.01 Å². The Kier molecular flexibility index (Phi) is 4.64. The first-order chi connectivity index (χ1) is 9.99. The van der Waals surface area contributed by atoms with Gasteiger partial charge in [-0.2, -0.15) is 0 Å². The molecule has 1 aromatic rings. The molecule has 2 N–H and O–H groups in total. The van der Waals surface area contributed by atoms with Gasteiger partial charge in [-0.3, -0.25) is 15.0 Å². The Labute approximate surface area is 126 Å². The van der Waals surface area contributed by atoms with Crippen molar-refractivity contribution in [2.24, 2.45) is 5.92 Å². The third-order valence-electron chi connectivity index (χ3n) is 2.97. The molecule has 0 saturated carbocycles. The van der Waals surface area contributed by atoms with Crippen molar-refractivity contribution >= 4 is 35.2 Å². The molecule has 8 heteroatoms. The number of anilines is 1. The maximum Gasteiger partial charge on any atom is 0.340 e. The molecule has 1 aromatic carbocycles. The van der Waals surface area contributed by atoms with Crippen molar-refractivity contribution in [3.63, 3.8) is 0 Å². The second-order valence-electron chi connectivity index (χ2n) is 4.51. The Hall–Kier alpha value is -2.28. The molecule has 21 heavy (non-hydrogen) atoms. The summed E-state index contributed by atoms with van der Waals surface area (Å²) in [7, 11) is 1.24. The second kappa shape index (κ2) is 6.45. The predicted molar refractivity (Wildman–Crippen MR) is 75.4 cm³/mol. The maximum atomic E-state index is 12.1. The van der Waals surface area contributed by atoms with Gasteiger partial charge in [-0.1, -0.05) is 11.6 Å². The largest absolute Gasteiger partial charge is 0.469 e. The zero-order valence-corrected chi connectivity index (χ0v) is 12.0. The van der Waals surface area contributed by atoms with Gasteiger partial charge in [0.25, 0.3) is 0 Å². The van der Waals surface area contributed by atoms with Crippen molar-refractivity contribution in [2.75, 3.05) is 19.0 Å². The summed E-state index contributed by atoms with van der Waals surface area (Å²) in [6.45, 7) is 0.0534. The van der Waals surface area contributed by atoms with E-state index in [1.807, 2.05) is 0 Å². The molecule has 1 aliphatic heterocycles. The van der Waals surface area contributed by atoms with E-state index in [2.05, 4.69) is 15.5 Å². The number of nitrogens with zero attached hydrogens (tertiary/aromatic N) is 1. The van der Waals surface area contributed by atoms with E-state index in [1.165, 1.54) is 7.11 Å². The van der Waals surface area contributed by atoms with Crippen LogP contribution in [0.25, 0.3) is 0 Å². The van der Waals surface area contributed by atoms with Crippen molar-refractivity contribution in [2.45, 2.75) is 6.42 Å². The number of esters is 1. The van der Waals surface area contributed by atoms with Gasteiger partial charge in [-0.15, -0.1) is 0 Å². The van der Waals surface area contributed by atoms with E-state index < -0.39 is 23.8 Å². The predicted octanol–water partition coefficient (Wildman–Crippen LogP) is 1.40. The van der Waals surface area contributed by atoms with E-state index in [-0.39, 0.29) is 13.0 Å². The molecule has 1 atom stereocenters. The summed E-state index contributed by atoms with van der Waals surface area (Å²) in [5, 5.41) is 4.20. The molecule has 3 amide bonds. The van der Waals surface area contributed by atoms with Gasteiger partial charge < -0.3 is 10.1 Å². The van der Waals surface area contributed by atoms with E-state index >= 15 is 0 Å². The molecule has 0 radical (unpaired) electrons. The van der Waals surface area contributed by atoms with Crippen LogP contribution in [-0.4, -0.2) is 36.6 Å². The summed E-state index contributed by atoms with van der Waals surface area (Å²) in [6.07, 6.45) is -0.00258. The fraction of sp³-hybridized carbons (Fsp3) is 0.308. The molecule has 0 aromatic heterocycles. The smallest absolute Gasteiger partial charge is 0.340 e. The number of amides is 3. The van der Waals surface area contributed by atoms with Gasteiger partial charge in [0.15, 0.2) is 0 Å². The number of halogens is 1. The number of carbonyl (C=O) groups is 3. The Morgan fingerprint density at radius 1 is 1.38 bits per heavy atom. The van der Waals surface area contributed by atoms with Gasteiger partial charge in [0, 0.05) is 17.1 Å². The van der Waals surface area contributed by atoms with Crippen molar-refractivity contribution in [1.29, 1.82) is 0 Å². The zero-order valence-electron chi connectivity index (χ0n) is 11.3. The number of methoxy groups -OCH3 is 1. The molecule has 2 rings (SSSR count). The van der Waals surface area contributed by atoms with Crippen LogP contribution in [0.5, 0.6) is 0 Å². The number of hydrazine groups is 1. The van der Waals surface area contributed by atoms with Crippen molar-refractivity contribution in [3.8, 4) is 0 Å². The molecular formula is C13H14ClN3O4. The van der Waals surface area contributed by atoms with Crippen LogP contribution in [0.3, 0.4) is 0 Å². The Balaban J connectivity index is 2.02. The number of hydrogen-bond donors (Lipinski definition) is 2. The molecule has 1 fully saturated rings. The number of nitrogens with one attached hydrogen (secondary N) is 2. The minimum Gasteiger partial charge on any atom is -0.469 e. The van der Waals surface area contributed by atoms with E-state index in [0.29, 0.717) is 10.7 Å². The summed E-state index contributed by atoms with van der Waals surface area (Å²) in [5.74, 6) is -1.60. The lowest BCUT2D eigenvalue weighted by atomic mass is 10.0. The van der Waals surface area contributed by atoms with E-state index in [9.17, 15) is 14.4 Å². The summed E-state index contributed by atoms with van der Waals surface area (Å²) in [5.41, 5.74) is 2.93. The number of rotatable bonds is 2. The summed E-state index contributed by atoms with van der Waals surface area (Å²) in [6, 6.07) is 5.97. The third-order valence-corrected chi connectivity index (χ3v) is 3.22. The highest BCUT2D eigenvalue weighted by Gasteiger charge is 2.33. The van der Waals surface area contributed by atoms with Gasteiger partial charge in [0.05, 0.1) is 19.6 Å². The van der Waals surface area contributed by atoms with Crippen LogP contribution in [0.2, 0.25) is 5.02 Å². The molecule has 1 saturated heterocycles. The second-order valence-corrected chi connectivity index (χ2v) is 4.94. The molecule has 7 nitrogen and oxygen atoms in total. The quantitative estimate of drug-likeness (QED) is 0.808. The number of urea groups is 1. The highest BCUT2D eigenvalue weighted by molar-refractivity contribution is 6.30. The van der Waals surface area contributed by atoms with Crippen LogP contribution in [-0.2, 0) is 14.3 Å². The average molecular weight is 312 g/mol. The fourth-order valence-corrected chi connectivity index (χ4v) is 2.06. The minimum absolute atomic E-state index is 0.00258. The van der Waals surface area contributed by atoms with Gasteiger partial charge in [-0.25, -0.2) is 9.80 Å². The molecule has 1 aliphatic rings. The monoisotopic (exact) mass is 311 g/mol. The average Bonchev–Trinajstić information content (AvgIpc) is 2.48. The first kappa shape index (κ1) is 15.1. The highest BCUT2D eigenvalue weighted by Crippen LogP contribution is 2.16. The van der Waals surface area contributed by atoms with Crippen LogP contribution in [0, 0.1) is 5.92 Å². The van der Waals surface area contributed by atoms with Crippen LogP contribution in [0.15, 0.2) is 24.3 Å². The van der Waals surface area contributed by atoms with E-state index in [4.69, 9.17) is 11.6 Å². The normalized spacial score (nSPS) is 17.9. The standard InChI is InChI=1S/C13H14ClN3O4/c1-21-12(19)8-6-11(18)16-17(7-8)13(20)15-10-4-2-9(14)3-5-10/h2-5,8H,6-7H2,1H3,(H,15,20)(H,16,18)/t8-/m0/s1. The molecule has 1 heterocycles. The number of carbonyl (C=O) groups excluding carboxylic acids is 3. The summed E-state index contributed by atoms with van der Waals surface area (Å²) < 4.78 is 4.61. The third kappa shape index (κ3) is 3.85. The van der Waals surface area contributed by atoms with Gasteiger partial charge >= 0.3 is 12.0 Å². The van der Waals surface area contributed by atoms with Crippen LogP contribution in [0.4, 0.5) is 10.5 Å². The molecule has 0 spiro atoms. The summed E-state index contributed by atoms with van der Waals surface area (Å²) in [4.78, 5) is 35.1. The van der Waals surface area contributed by atoms with Gasteiger partial charge in [-0.05, 0) is 24.3 Å². The van der Waals surface area contributed by atoms with Crippen LogP contribution >= 0.6 is 11.6 Å². The Bertz CT molecular complexity index is 561. The van der Waals surface area contributed by atoms with Crippen LogP contribution in [0.1, 0.15) is 6.42 Å². The van der Waals surface area contributed by atoms with Gasteiger partial charge in [0.2, 0.25) is 5.91 Å². The lowest BCUT2D eigenvalue weighted by Gasteiger charge is -2.31. The number of ether oxygens (including phenoxy) is 1. The topological polar surface area (TPSA) is 87.7 Å². The zero-order chi connectivity index (χ0) is 15.4. The molecule has 0 aliphatic carbocycles. The van der Waals surface area contributed by atoms with Crippen molar-refractivity contribution in [1.82, 2.24) is 10.4 Å². The Morgan fingerprint density at radius 2 is 2.05 bits per heavy atom. The Morgan fingerprint density at radius 3 is 2.67 bits per heavy atom. The SMILES string of the molecule is COC(=O)[C@H]1CC(=O)NN(C(=O)Nc2ccc(Cl)cc2)C1. The van der Waals surface area contributed by atoms with Crippen molar-refractivity contribution in [3.05, 3.63) is 29.3 Å². The minimum atomic E-state index is -0.667. The highest BCUT2D eigenvalue weighted by atomic mass is 35.5. The fourth-order valence-electron chi connectivity index (χ4n) is 1.93. The molecular weight excluding hydrogens is 298 g/mol. The number of hydrogen-bond acceptors (Lipinski definition) is 4.